The van der Waals surface area contributed by atoms with Crippen LogP contribution in [0.2, 0.25) is 0 Å². The minimum atomic E-state index is -0.0580. The van der Waals surface area contributed by atoms with Crippen LogP contribution in [0.15, 0.2) is 12.7 Å². The number of hydrogen-bond acceptors (Lipinski definition) is 2. The number of rotatable bonds is 5. The van der Waals surface area contributed by atoms with Crippen molar-refractivity contribution in [3.05, 3.63) is 12.7 Å². The van der Waals surface area contributed by atoms with E-state index in [1.807, 2.05) is 20.8 Å². The Kier molecular flexibility index (Phi) is 5.16. The summed E-state index contributed by atoms with van der Waals surface area (Å²) in [6.45, 7) is 11.5. The first-order valence-electron chi connectivity index (χ1n) is 3.89. The molecule has 0 fully saturated rings. The molecule has 2 heteroatoms. The lowest BCUT2D eigenvalue weighted by Crippen LogP contribution is -2.21. The SMILES string of the molecule is C=CCOCCOC(C)(C)C. The predicted octanol–water partition coefficient (Wildman–Crippen LogP) is 2.00. The van der Waals surface area contributed by atoms with Crippen LogP contribution >= 0.6 is 0 Å². The van der Waals surface area contributed by atoms with E-state index in [1.54, 1.807) is 6.08 Å². The summed E-state index contributed by atoms with van der Waals surface area (Å²) in [6, 6.07) is 0. The molecule has 0 unspecified atom stereocenters. The first-order chi connectivity index (χ1) is 5.06. The normalized spacial score (nSPS) is 11.5. The van der Waals surface area contributed by atoms with Gasteiger partial charge in [0.2, 0.25) is 0 Å². The number of hydrogen-bond donors (Lipinski definition) is 0. The van der Waals surface area contributed by atoms with Crippen LogP contribution in [-0.4, -0.2) is 25.4 Å². The van der Waals surface area contributed by atoms with Gasteiger partial charge >= 0.3 is 0 Å². The van der Waals surface area contributed by atoms with Crippen molar-refractivity contribution in [2.24, 2.45) is 0 Å². The highest BCUT2D eigenvalue weighted by Crippen LogP contribution is 2.05. The van der Waals surface area contributed by atoms with E-state index < -0.39 is 0 Å². The molecule has 0 aromatic heterocycles. The maximum Gasteiger partial charge on any atom is 0.0707 e. The monoisotopic (exact) mass is 158 g/mol. The fourth-order valence-corrected chi connectivity index (χ4v) is 0.573. The lowest BCUT2D eigenvalue weighted by Gasteiger charge is -2.19. The van der Waals surface area contributed by atoms with Crippen LogP contribution in [0.1, 0.15) is 20.8 Å². The lowest BCUT2D eigenvalue weighted by atomic mass is 10.2. The molecule has 0 aliphatic carbocycles. The third-order valence-corrected chi connectivity index (χ3v) is 0.998. The summed E-state index contributed by atoms with van der Waals surface area (Å²) in [5.41, 5.74) is -0.0580. The Hall–Kier alpha value is -0.340. The van der Waals surface area contributed by atoms with Gasteiger partial charge in [-0.15, -0.1) is 6.58 Å². The second-order valence-electron chi connectivity index (χ2n) is 3.32. The highest BCUT2D eigenvalue weighted by Gasteiger charge is 2.08. The van der Waals surface area contributed by atoms with Crippen molar-refractivity contribution in [3.63, 3.8) is 0 Å². The summed E-state index contributed by atoms with van der Waals surface area (Å²) in [5.74, 6) is 0. The Bertz CT molecular complexity index is 103. The van der Waals surface area contributed by atoms with Crippen LogP contribution in [-0.2, 0) is 9.47 Å². The summed E-state index contributed by atoms with van der Waals surface area (Å²) in [4.78, 5) is 0. The zero-order valence-corrected chi connectivity index (χ0v) is 7.72. The molecule has 0 saturated heterocycles. The van der Waals surface area contributed by atoms with Gasteiger partial charge in [0.15, 0.2) is 0 Å². The molecule has 0 aromatic carbocycles. The Morgan fingerprint density at radius 2 is 1.91 bits per heavy atom. The maximum atomic E-state index is 5.42. The molecule has 0 aromatic rings. The molecular formula is C9H18O2. The van der Waals surface area contributed by atoms with Gasteiger partial charge in [0.05, 0.1) is 25.4 Å². The lowest BCUT2D eigenvalue weighted by molar-refractivity contribution is -0.0312. The molecule has 0 radical (unpaired) electrons. The topological polar surface area (TPSA) is 18.5 Å². The minimum absolute atomic E-state index is 0.0580. The molecule has 2 nitrogen and oxygen atoms in total. The molecule has 0 aliphatic heterocycles. The average Bonchev–Trinajstić information content (AvgIpc) is 1.85. The largest absolute Gasteiger partial charge is 0.375 e. The minimum Gasteiger partial charge on any atom is -0.375 e. The van der Waals surface area contributed by atoms with Crippen LogP contribution < -0.4 is 0 Å². The molecule has 66 valence electrons. The van der Waals surface area contributed by atoms with Crippen LogP contribution in [0.4, 0.5) is 0 Å². The molecule has 0 rings (SSSR count). The van der Waals surface area contributed by atoms with Crippen molar-refractivity contribution in [2.75, 3.05) is 19.8 Å². The molecule has 0 N–H and O–H groups in total. The Balaban J connectivity index is 3.08. The predicted molar refractivity (Wildman–Crippen MR) is 46.7 cm³/mol. The summed E-state index contributed by atoms with van der Waals surface area (Å²) in [7, 11) is 0. The van der Waals surface area contributed by atoms with Crippen molar-refractivity contribution < 1.29 is 9.47 Å². The molecule has 0 bridgehead atoms. The van der Waals surface area contributed by atoms with E-state index in [4.69, 9.17) is 9.47 Å². The van der Waals surface area contributed by atoms with Gasteiger partial charge < -0.3 is 9.47 Å². The van der Waals surface area contributed by atoms with Gasteiger partial charge in [0.1, 0.15) is 0 Å². The van der Waals surface area contributed by atoms with Crippen molar-refractivity contribution in [1.29, 1.82) is 0 Å². The first-order valence-corrected chi connectivity index (χ1v) is 3.89. The average molecular weight is 158 g/mol. The van der Waals surface area contributed by atoms with E-state index in [-0.39, 0.29) is 5.60 Å². The summed E-state index contributed by atoms with van der Waals surface area (Å²) < 4.78 is 10.6. The zero-order chi connectivity index (χ0) is 8.74. The second kappa shape index (κ2) is 5.33. The molecule has 0 spiro atoms. The molecule has 0 heterocycles. The van der Waals surface area contributed by atoms with E-state index in [0.29, 0.717) is 19.8 Å². The smallest absolute Gasteiger partial charge is 0.0707 e. The third-order valence-electron chi connectivity index (χ3n) is 0.998. The van der Waals surface area contributed by atoms with Crippen LogP contribution in [0.3, 0.4) is 0 Å². The van der Waals surface area contributed by atoms with Gasteiger partial charge in [-0.1, -0.05) is 6.08 Å². The standard InChI is InChI=1S/C9H18O2/c1-5-6-10-7-8-11-9(2,3)4/h5H,1,6-8H2,2-4H3. The molecule has 0 atom stereocenters. The van der Waals surface area contributed by atoms with Gasteiger partial charge in [0.25, 0.3) is 0 Å². The van der Waals surface area contributed by atoms with E-state index >= 15 is 0 Å². The van der Waals surface area contributed by atoms with Gasteiger partial charge in [-0.2, -0.15) is 0 Å². The van der Waals surface area contributed by atoms with E-state index in [0.717, 1.165) is 0 Å². The first kappa shape index (κ1) is 10.7. The van der Waals surface area contributed by atoms with Crippen LogP contribution in [0.25, 0.3) is 0 Å². The molecule has 0 saturated carbocycles. The Labute approximate surface area is 69.2 Å². The van der Waals surface area contributed by atoms with E-state index in [9.17, 15) is 0 Å². The van der Waals surface area contributed by atoms with E-state index in [1.165, 1.54) is 0 Å². The van der Waals surface area contributed by atoms with Crippen molar-refractivity contribution in [2.45, 2.75) is 26.4 Å². The quantitative estimate of drug-likeness (QED) is 0.450. The van der Waals surface area contributed by atoms with Crippen molar-refractivity contribution in [1.82, 2.24) is 0 Å². The third kappa shape index (κ3) is 9.66. The summed E-state index contributed by atoms with van der Waals surface area (Å²) in [6.07, 6.45) is 1.73. The van der Waals surface area contributed by atoms with Gasteiger partial charge in [-0.25, -0.2) is 0 Å². The highest BCUT2D eigenvalue weighted by atomic mass is 16.5. The summed E-state index contributed by atoms with van der Waals surface area (Å²) in [5, 5.41) is 0. The van der Waals surface area contributed by atoms with E-state index in [2.05, 4.69) is 6.58 Å². The van der Waals surface area contributed by atoms with Crippen LogP contribution in [0.5, 0.6) is 0 Å². The van der Waals surface area contributed by atoms with Crippen molar-refractivity contribution in [3.8, 4) is 0 Å². The van der Waals surface area contributed by atoms with Crippen LogP contribution in [0, 0.1) is 0 Å². The maximum absolute atomic E-state index is 5.42. The fraction of sp³-hybridized carbons (Fsp3) is 0.778. The molecule has 0 amide bonds. The number of ether oxygens (including phenoxy) is 2. The van der Waals surface area contributed by atoms with Gasteiger partial charge in [-0.05, 0) is 20.8 Å². The molecule has 11 heavy (non-hydrogen) atoms. The zero-order valence-electron chi connectivity index (χ0n) is 7.72. The Morgan fingerprint density at radius 3 is 2.36 bits per heavy atom. The molecule has 0 aliphatic rings. The molecular weight excluding hydrogens is 140 g/mol. The van der Waals surface area contributed by atoms with Gasteiger partial charge in [-0.3, -0.25) is 0 Å². The highest BCUT2D eigenvalue weighted by molar-refractivity contribution is 4.63. The van der Waals surface area contributed by atoms with Gasteiger partial charge in [0, 0.05) is 0 Å². The van der Waals surface area contributed by atoms with Crippen molar-refractivity contribution >= 4 is 0 Å². The Morgan fingerprint density at radius 1 is 1.27 bits per heavy atom. The second-order valence-corrected chi connectivity index (χ2v) is 3.32. The summed E-state index contributed by atoms with van der Waals surface area (Å²) >= 11 is 0. The fourth-order valence-electron chi connectivity index (χ4n) is 0.573.